The molecule has 1 heterocycles. The fourth-order valence-electron chi connectivity index (χ4n) is 2.75. The second-order valence-electron chi connectivity index (χ2n) is 7.37. The van der Waals surface area contributed by atoms with Gasteiger partial charge in [0.25, 0.3) is 0 Å². The quantitative estimate of drug-likeness (QED) is 0.745. The van der Waals surface area contributed by atoms with Gasteiger partial charge in [0.2, 0.25) is 0 Å². The summed E-state index contributed by atoms with van der Waals surface area (Å²) < 4.78 is 13.4. The van der Waals surface area contributed by atoms with Gasteiger partial charge in [-0.25, -0.2) is 4.39 Å². The average molecular weight is 357 g/mol. The lowest BCUT2D eigenvalue weighted by Gasteiger charge is -2.23. The molecule has 2 N–H and O–H groups in total. The van der Waals surface area contributed by atoms with E-state index in [9.17, 15) is 19.4 Å². The van der Waals surface area contributed by atoms with Gasteiger partial charge < -0.3 is 10.2 Å². The number of hydrogen-bond acceptors (Lipinski definition) is 4. The largest absolute Gasteiger partial charge is 0.505 e. The van der Waals surface area contributed by atoms with Gasteiger partial charge in [-0.2, -0.15) is 0 Å². The Hall–Kier alpha value is -2.96. The third-order valence-electron chi connectivity index (χ3n) is 4.35. The van der Waals surface area contributed by atoms with Gasteiger partial charge in [-0.15, -0.1) is 15.0 Å². The molecule has 6 nitrogen and oxygen atoms in total. The summed E-state index contributed by atoms with van der Waals surface area (Å²) in [5.74, 6) is -2.20. The Balaban J connectivity index is 2.27. The van der Waals surface area contributed by atoms with Crippen LogP contribution in [-0.2, 0) is 10.2 Å². The summed E-state index contributed by atoms with van der Waals surface area (Å²) in [5, 5.41) is 28.7. The number of hydrogen-bond donors (Lipinski definition) is 2. The minimum absolute atomic E-state index is 0.0281. The van der Waals surface area contributed by atoms with Crippen LogP contribution >= 0.6 is 0 Å². The van der Waals surface area contributed by atoms with Gasteiger partial charge in [0.1, 0.15) is 28.3 Å². The SMILES string of the molecule is CC(C(=O)O)c1cc(-n2nc3ccc(F)cc3n2)c(O)c(C(C)(C)C)c1. The van der Waals surface area contributed by atoms with Crippen molar-refractivity contribution in [3.63, 3.8) is 0 Å². The molecule has 0 saturated carbocycles. The van der Waals surface area contributed by atoms with Crippen molar-refractivity contribution in [3.05, 3.63) is 47.3 Å². The number of rotatable bonds is 3. The zero-order chi connectivity index (χ0) is 19.2. The minimum atomic E-state index is -0.970. The van der Waals surface area contributed by atoms with E-state index < -0.39 is 23.1 Å². The second-order valence-corrected chi connectivity index (χ2v) is 7.37. The lowest BCUT2D eigenvalue weighted by molar-refractivity contribution is -0.138. The molecule has 0 radical (unpaired) electrons. The Kier molecular flexibility index (Phi) is 4.18. The Labute approximate surface area is 149 Å². The molecule has 3 aromatic rings. The van der Waals surface area contributed by atoms with Crippen LogP contribution in [0.25, 0.3) is 16.7 Å². The second kappa shape index (κ2) is 6.09. The first kappa shape index (κ1) is 17.8. The van der Waals surface area contributed by atoms with E-state index in [1.807, 2.05) is 20.8 Å². The number of phenols is 1. The van der Waals surface area contributed by atoms with Gasteiger partial charge in [0.15, 0.2) is 0 Å². The number of aromatic nitrogens is 3. The number of carboxylic acids is 1. The smallest absolute Gasteiger partial charge is 0.310 e. The molecule has 0 aliphatic rings. The lowest BCUT2D eigenvalue weighted by Crippen LogP contribution is -2.16. The van der Waals surface area contributed by atoms with Crippen LogP contribution in [-0.4, -0.2) is 31.2 Å². The maximum atomic E-state index is 13.4. The van der Waals surface area contributed by atoms with E-state index in [2.05, 4.69) is 10.2 Å². The summed E-state index contributed by atoms with van der Waals surface area (Å²) in [6, 6.07) is 7.29. The topological polar surface area (TPSA) is 88.2 Å². The third-order valence-corrected chi connectivity index (χ3v) is 4.35. The van der Waals surface area contributed by atoms with Crippen LogP contribution in [0.1, 0.15) is 44.7 Å². The van der Waals surface area contributed by atoms with Crippen molar-refractivity contribution in [3.8, 4) is 11.4 Å². The molecule has 0 saturated heterocycles. The van der Waals surface area contributed by atoms with Crippen molar-refractivity contribution < 1.29 is 19.4 Å². The van der Waals surface area contributed by atoms with Crippen molar-refractivity contribution >= 4 is 17.0 Å². The highest BCUT2D eigenvalue weighted by molar-refractivity contribution is 5.77. The molecule has 0 amide bonds. The molecule has 0 spiro atoms. The number of benzene rings is 2. The van der Waals surface area contributed by atoms with Crippen LogP contribution in [0.4, 0.5) is 4.39 Å². The first-order valence-electron chi connectivity index (χ1n) is 8.21. The van der Waals surface area contributed by atoms with Gasteiger partial charge in [-0.1, -0.05) is 26.8 Å². The highest BCUT2D eigenvalue weighted by Gasteiger charge is 2.26. The molecule has 7 heteroatoms. The third kappa shape index (κ3) is 3.12. The Morgan fingerprint density at radius 1 is 1.15 bits per heavy atom. The van der Waals surface area contributed by atoms with Gasteiger partial charge in [0, 0.05) is 11.6 Å². The van der Waals surface area contributed by atoms with Crippen LogP contribution in [0.15, 0.2) is 30.3 Å². The zero-order valence-corrected chi connectivity index (χ0v) is 15.0. The molecule has 0 aliphatic carbocycles. The molecule has 1 unspecified atom stereocenters. The van der Waals surface area contributed by atoms with Crippen molar-refractivity contribution in [1.82, 2.24) is 15.0 Å². The molecule has 0 aliphatic heterocycles. The van der Waals surface area contributed by atoms with Gasteiger partial charge in [-0.05, 0) is 36.1 Å². The number of aromatic hydroxyl groups is 1. The molecular formula is C19H20FN3O3. The van der Waals surface area contributed by atoms with E-state index >= 15 is 0 Å². The number of carbonyl (C=O) groups is 1. The van der Waals surface area contributed by atoms with E-state index in [1.165, 1.54) is 23.0 Å². The van der Waals surface area contributed by atoms with Crippen LogP contribution in [0.5, 0.6) is 5.75 Å². The minimum Gasteiger partial charge on any atom is -0.505 e. The zero-order valence-electron chi connectivity index (χ0n) is 15.0. The summed E-state index contributed by atoms with van der Waals surface area (Å²) in [7, 11) is 0. The summed E-state index contributed by atoms with van der Waals surface area (Å²) in [4.78, 5) is 12.6. The normalized spacial score (nSPS) is 13.1. The summed E-state index contributed by atoms with van der Waals surface area (Å²) in [6.07, 6.45) is 0. The monoisotopic (exact) mass is 357 g/mol. The highest BCUT2D eigenvalue weighted by Crippen LogP contribution is 2.38. The van der Waals surface area contributed by atoms with E-state index in [-0.39, 0.29) is 11.4 Å². The molecule has 0 fully saturated rings. The summed E-state index contributed by atoms with van der Waals surface area (Å²) in [5.41, 5.74) is 1.77. The Morgan fingerprint density at radius 2 is 1.81 bits per heavy atom. The van der Waals surface area contributed by atoms with Crippen LogP contribution in [0.2, 0.25) is 0 Å². The molecular weight excluding hydrogens is 337 g/mol. The summed E-state index contributed by atoms with van der Waals surface area (Å²) >= 11 is 0. The maximum Gasteiger partial charge on any atom is 0.310 e. The van der Waals surface area contributed by atoms with Crippen molar-refractivity contribution in [1.29, 1.82) is 0 Å². The first-order chi connectivity index (χ1) is 12.1. The number of carboxylic acid groups (broad SMARTS) is 1. The number of fused-ring (bicyclic) bond motifs is 1. The standard InChI is InChI=1S/C19H20FN3O3/c1-10(18(25)26)11-7-13(19(2,3)4)17(24)16(8-11)23-21-14-6-5-12(20)9-15(14)22-23/h5-10,24H,1-4H3,(H,25,26). The number of phenolic OH excluding ortho intramolecular Hbond substituents is 1. The molecule has 26 heavy (non-hydrogen) atoms. The lowest BCUT2D eigenvalue weighted by atomic mass is 9.83. The van der Waals surface area contributed by atoms with Crippen molar-refractivity contribution in [2.75, 3.05) is 0 Å². The van der Waals surface area contributed by atoms with Gasteiger partial charge in [0.05, 0.1) is 5.92 Å². The van der Waals surface area contributed by atoms with Gasteiger partial charge in [-0.3, -0.25) is 4.79 Å². The average Bonchev–Trinajstić information content (AvgIpc) is 2.95. The molecule has 2 aromatic carbocycles. The first-order valence-corrected chi connectivity index (χ1v) is 8.21. The van der Waals surface area contributed by atoms with Crippen molar-refractivity contribution in [2.45, 2.75) is 39.0 Å². The maximum absolute atomic E-state index is 13.4. The molecule has 0 bridgehead atoms. The van der Waals surface area contributed by atoms with E-state index in [0.717, 1.165) is 0 Å². The number of aliphatic carboxylic acids is 1. The van der Waals surface area contributed by atoms with Crippen LogP contribution in [0, 0.1) is 5.82 Å². The fourth-order valence-corrected chi connectivity index (χ4v) is 2.75. The van der Waals surface area contributed by atoms with Crippen LogP contribution in [0.3, 0.4) is 0 Å². The van der Waals surface area contributed by atoms with Crippen molar-refractivity contribution in [2.24, 2.45) is 0 Å². The molecule has 1 aromatic heterocycles. The number of halogens is 1. The van der Waals surface area contributed by atoms with Gasteiger partial charge >= 0.3 is 5.97 Å². The Bertz CT molecular complexity index is 1010. The predicted molar refractivity (Wildman–Crippen MR) is 95.2 cm³/mol. The molecule has 136 valence electrons. The molecule has 3 rings (SSSR count). The summed E-state index contributed by atoms with van der Waals surface area (Å²) in [6.45, 7) is 7.34. The predicted octanol–water partition coefficient (Wildman–Crippen LogP) is 3.75. The van der Waals surface area contributed by atoms with Crippen LogP contribution < -0.4 is 0 Å². The van der Waals surface area contributed by atoms with E-state index in [4.69, 9.17) is 0 Å². The molecule has 1 atom stereocenters. The van der Waals surface area contributed by atoms with E-state index in [0.29, 0.717) is 22.2 Å². The fraction of sp³-hybridized carbons (Fsp3) is 0.316. The number of nitrogens with zero attached hydrogens (tertiary/aromatic N) is 3. The Morgan fingerprint density at radius 3 is 2.42 bits per heavy atom. The van der Waals surface area contributed by atoms with E-state index in [1.54, 1.807) is 19.1 Å². The highest BCUT2D eigenvalue weighted by atomic mass is 19.1.